The molecule has 27 heavy (non-hydrogen) atoms. The molecule has 1 aromatic rings. The van der Waals surface area contributed by atoms with E-state index in [0.29, 0.717) is 12.1 Å². The van der Waals surface area contributed by atoms with Crippen LogP contribution in [0.5, 0.6) is 0 Å². The maximum atomic E-state index is 12.9. The average Bonchev–Trinajstić information content (AvgIpc) is 2.48. The van der Waals surface area contributed by atoms with E-state index in [1.165, 1.54) is 4.90 Å². The monoisotopic (exact) mass is 396 g/mol. The molecule has 1 saturated heterocycles. The summed E-state index contributed by atoms with van der Waals surface area (Å²) in [7, 11) is 0. The van der Waals surface area contributed by atoms with E-state index in [1.54, 1.807) is 13.8 Å². The van der Waals surface area contributed by atoms with E-state index >= 15 is 0 Å². The lowest BCUT2D eigenvalue weighted by Crippen LogP contribution is -2.60. The van der Waals surface area contributed by atoms with Crippen LogP contribution in [0.1, 0.15) is 30.5 Å². The zero-order valence-electron chi connectivity index (χ0n) is 14.6. The van der Waals surface area contributed by atoms with Crippen molar-refractivity contribution >= 4 is 11.7 Å². The van der Waals surface area contributed by atoms with Crippen molar-refractivity contribution in [3.63, 3.8) is 0 Å². The topological polar surface area (TPSA) is 49.4 Å². The van der Waals surface area contributed by atoms with Gasteiger partial charge in [0.2, 0.25) is 5.91 Å². The third-order valence-electron chi connectivity index (χ3n) is 4.07. The number of carbonyl (C=O) groups excluding carboxylic acids is 2. The van der Waals surface area contributed by atoms with Crippen molar-refractivity contribution in [1.29, 1.82) is 0 Å². The lowest BCUT2D eigenvalue weighted by atomic mass is 9.99. The zero-order chi connectivity index (χ0) is 20.6. The first kappa shape index (κ1) is 21.2. The van der Waals surface area contributed by atoms with E-state index in [1.807, 2.05) is 0 Å². The van der Waals surface area contributed by atoms with Gasteiger partial charge in [0.25, 0.3) is 0 Å². The van der Waals surface area contributed by atoms with E-state index in [9.17, 15) is 35.9 Å². The van der Waals surface area contributed by atoms with Crippen LogP contribution in [0, 0.1) is 0 Å². The molecule has 2 rings (SSSR count). The molecule has 0 aromatic heterocycles. The molecule has 1 aromatic carbocycles. The molecule has 0 unspecified atom stereocenters. The summed E-state index contributed by atoms with van der Waals surface area (Å²) in [4.78, 5) is 25.3. The van der Waals surface area contributed by atoms with E-state index in [4.69, 9.17) is 0 Å². The van der Waals surface area contributed by atoms with E-state index in [2.05, 4.69) is 5.32 Å². The van der Waals surface area contributed by atoms with Crippen LogP contribution in [-0.4, -0.2) is 41.8 Å². The minimum absolute atomic E-state index is 0.00204. The van der Waals surface area contributed by atoms with Crippen molar-refractivity contribution in [3.8, 4) is 0 Å². The number of ketones is 1. The molecule has 10 heteroatoms. The lowest BCUT2D eigenvalue weighted by Gasteiger charge is -2.38. The minimum atomic E-state index is -4.97. The average molecular weight is 396 g/mol. The molecular weight excluding hydrogens is 378 g/mol. The highest BCUT2D eigenvalue weighted by atomic mass is 19.4. The molecule has 150 valence electrons. The van der Waals surface area contributed by atoms with Gasteiger partial charge in [-0.3, -0.25) is 9.59 Å². The van der Waals surface area contributed by atoms with Crippen molar-refractivity contribution < 1.29 is 35.9 Å². The number of hydrogen-bond acceptors (Lipinski definition) is 3. The Morgan fingerprint density at radius 3 is 2.07 bits per heavy atom. The van der Waals surface area contributed by atoms with Crippen molar-refractivity contribution in [3.05, 3.63) is 34.9 Å². The number of Topliss-reactive ketones (excluding diaryl/α,β-unsaturated/α-hetero) is 1. The van der Waals surface area contributed by atoms with Crippen molar-refractivity contribution in [1.82, 2.24) is 10.2 Å². The Morgan fingerprint density at radius 2 is 1.59 bits per heavy atom. The van der Waals surface area contributed by atoms with Crippen molar-refractivity contribution in [2.45, 2.75) is 38.2 Å². The molecule has 0 aliphatic carbocycles. The van der Waals surface area contributed by atoms with Crippen LogP contribution in [0.4, 0.5) is 26.3 Å². The van der Waals surface area contributed by atoms with E-state index < -0.39 is 46.8 Å². The number of alkyl halides is 6. The van der Waals surface area contributed by atoms with E-state index in [0.717, 1.165) is 0 Å². The fourth-order valence-electron chi connectivity index (χ4n) is 2.81. The fraction of sp³-hybridized carbons (Fsp3) is 0.529. The van der Waals surface area contributed by atoms with Gasteiger partial charge in [0, 0.05) is 18.5 Å². The number of nitrogens with zero attached hydrogens (tertiary/aromatic N) is 1. The van der Waals surface area contributed by atoms with Gasteiger partial charge in [0.1, 0.15) is 0 Å². The van der Waals surface area contributed by atoms with Crippen LogP contribution >= 0.6 is 0 Å². The smallest absolute Gasteiger partial charge is 0.332 e. The van der Waals surface area contributed by atoms with Gasteiger partial charge in [0.05, 0.1) is 24.2 Å². The number of carbonyl (C=O) groups is 2. The molecule has 0 radical (unpaired) electrons. The Balaban J connectivity index is 2.20. The number of benzene rings is 1. The summed E-state index contributed by atoms with van der Waals surface area (Å²) in [5, 5.41) is 2.96. The third-order valence-corrected chi connectivity index (χ3v) is 4.07. The van der Waals surface area contributed by atoms with Gasteiger partial charge in [-0.2, -0.15) is 26.3 Å². The van der Waals surface area contributed by atoms with Gasteiger partial charge in [-0.15, -0.1) is 0 Å². The second-order valence-electron chi connectivity index (χ2n) is 7.12. The van der Waals surface area contributed by atoms with Crippen LogP contribution in [0.3, 0.4) is 0 Å². The Morgan fingerprint density at radius 1 is 1.07 bits per heavy atom. The standard InChI is InChI=1S/C17H18F6N2O2/c1-15(2)9-25(14(27)7-24-15)8-13(26)5-10-3-11(16(18,19)20)6-12(4-10)17(21,22)23/h3-4,6,24H,5,7-9H2,1-2H3. The van der Waals surface area contributed by atoms with Crippen LogP contribution in [0.2, 0.25) is 0 Å². The Labute approximate surface area is 151 Å². The van der Waals surface area contributed by atoms with Crippen LogP contribution < -0.4 is 5.32 Å². The number of hydrogen-bond donors (Lipinski definition) is 1. The highest BCUT2D eigenvalue weighted by Crippen LogP contribution is 2.36. The van der Waals surface area contributed by atoms with Gasteiger partial charge < -0.3 is 10.2 Å². The summed E-state index contributed by atoms with van der Waals surface area (Å²) in [5.74, 6) is -1.00. The van der Waals surface area contributed by atoms with Crippen LogP contribution in [0.15, 0.2) is 18.2 Å². The Bertz CT molecular complexity index is 708. The summed E-state index contributed by atoms with van der Waals surface area (Å²) in [5.41, 5.74) is -3.79. The molecule has 0 saturated carbocycles. The Kier molecular flexibility index (Phi) is 5.61. The first-order valence-corrected chi connectivity index (χ1v) is 8.00. The highest BCUT2D eigenvalue weighted by molar-refractivity contribution is 5.88. The van der Waals surface area contributed by atoms with Gasteiger partial charge in [-0.1, -0.05) is 0 Å². The summed E-state index contributed by atoms with van der Waals surface area (Å²) in [6, 6.07) is 1.06. The molecule has 1 amide bonds. The van der Waals surface area contributed by atoms with Gasteiger partial charge in [0.15, 0.2) is 5.78 Å². The fourth-order valence-corrected chi connectivity index (χ4v) is 2.81. The van der Waals surface area contributed by atoms with Gasteiger partial charge in [-0.25, -0.2) is 0 Å². The molecule has 1 aliphatic rings. The maximum Gasteiger partial charge on any atom is 0.416 e. The SMILES string of the molecule is CC1(C)CN(CC(=O)Cc2cc(C(F)(F)F)cc(C(F)(F)F)c2)C(=O)CN1. The van der Waals surface area contributed by atoms with E-state index in [-0.39, 0.29) is 31.6 Å². The number of nitrogens with one attached hydrogen (secondary N) is 1. The molecule has 1 heterocycles. The van der Waals surface area contributed by atoms with Gasteiger partial charge >= 0.3 is 12.4 Å². The molecular formula is C17H18F6N2O2. The second-order valence-corrected chi connectivity index (χ2v) is 7.12. The second kappa shape index (κ2) is 7.14. The minimum Gasteiger partial charge on any atom is -0.332 e. The summed E-state index contributed by atoms with van der Waals surface area (Å²) < 4.78 is 77.2. The quantitative estimate of drug-likeness (QED) is 0.796. The summed E-state index contributed by atoms with van der Waals surface area (Å²) in [6.45, 7) is 3.44. The maximum absolute atomic E-state index is 12.9. The summed E-state index contributed by atoms with van der Waals surface area (Å²) >= 11 is 0. The first-order chi connectivity index (χ1) is 12.2. The molecule has 0 atom stereocenters. The number of amides is 1. The highest BCUT2D eigenvalue weighted by Gasteiger charge is 2.37. The van der Waals surface area contributed by atoms with Crippen molar-refractivity contribution in [2.75, 3.05) is 19.6 Å². The number of halogens is 6. The number of rotatable bonds is 4. The molecule has 4 nitrogen and oxygen atoms in total. The molecule has 1 fully saturated rings. The molecule has 1 aliphatic heterocycles. The predicted octanol–water partition coefficient (Wildman–Crippen LogP) is 3.05. The zero-order valence-corrected chi connectivity index (χ0v) is 14.6. The molecule has 1 N–H and O–H groups in total. The third kappa shape index (κ3) is 5.69. The normalized spacial score (nSPS) is 17.9. The predicted molar refractivity (Wildman–Crippen MR) is 83.8 cm³/mol. The van der Waals surface area contributed by atoms with Crippen LogP contribution in [-0.2, 0) is 28.4 Å². The van der Waals surface area contributed by atoms with Crippen LogP contribution in [0.25, 0.3) is 0 Å². The summed E-state index contributed by atoms with van der Waals surface area (Å²) in [6.07, 6.45) is -10.6. The lowest BCUT2D eigenvalue weighted by molar-refractivity contribution is -0.143. The van der Waals surface area contributed by atoms with Crippen molar-refractivity contribution in [2.24, 2.45) is 0 Å². The Hall–Kier alpha value is -2.10. The van der Waals surface area contributed by atoms with Gasteiger partial charge in [-0.05, 0) is 37.6 Å². The number of piperazine rings is 1. The molecule has 0 bridgehead atoms. The largest absolute Gasteiger partial charge is 0.416 e. The molecule has 0 spiro atoms. The first-order valence-electron chi connectivity index (χ1n) is 8.00.